The quantitative estimate of drug-likeness (QED) is 0.0262. The van der Waals surface area contributed by atoms with E-state index in [2.05, 4.69) is 20.8 Å². The molecule has 0 aromatic heterocycles. The first-order chi connectivity index (χ1) is 31.0. The average Bonchev–Trinajstić information content (AvgIpc) is 3.28. The fourth-order valence-corrected chi connectivity index (χ4v) is 8.80. The number of esters is 3. The van der Waals surface area contributed by atoms with Crippen molar-refractivity contribution in [2.24, 2.45) is 0 Å². The SMILES string of the molecule is CCCCCCCCCCCCCCCCCC(=O)OCC(COC(=O)CCCCCCCCCCCCCCCCC)OC(=O)CCCCCCCCCCCCCCCCC.[Ca+2].[H-].[H-]. The van der Waals surface area contributed by atoms with E-state index in [-0.39, 0.29) is 71.7 Å². The first-order valence-corrected chi connectivity index (χ1v) is 28.5. The molecular weight excluding hydrogens is 821 g/mol. The van der Waals surface area contributed by atoms with E-state index in [1.165, 1.54) is 231 Å². The normalized spacial score (nSPS) is 11.2. The number of ether oxygens (including phenoxy) is 3. The minimum Gasteiger partial charge on any atom is -1.00 e. The molecule has 0 heterocycles. The molecule has 0 atom stereocenters. The van der Waals surface area contributed by atoms with Gasteiger partial charge in [-0.15, -0.1) is 0 Å². The molecule has 0 radical (unpaired) electrons. The molecule has 7 heteroatoms. The molecule has 6 nitrogen and oxygen atoms in total. The monoisotopic (exact) mass is 933 g/mol. The van der Waals surface area contributed by atoms with Gasteiger partial charge in [0.2, 0.25) is 0 Å². The van der Waals surface area contributed by atoms with E-state index in [1.807, 2.05) is 0 Å². The molecule has 378 valence electrons. The summed E-state index contributed by atoms with van der Waals surface area (Å²) in [5, 5.41) is 0. The van der Waals surface area contributed by atoms with Crippen LogP contribution in [-0.4, -0.2) is 75.0 Å². The average molecular weight is 934 g/mol. The van der Waals surface area contributed by atoms with Gasteiger partial charge >= 0.3 is 55.6 Å². The van der Waals surface area contributed by atoms with Gasteiger partial charge in [0.05, 0.1) is 0 Å². The third-order valence-corrected chi connectivity index (χ3v) is 13.1. The molecule has 0 fully saturated rings. The van der Waals surface area contributed by atoms with Crippen molar-refractivity contribution in [3.8, 4) is 0 Å². The third-order valence-electron chi connectivity index (χ3n) is 13.1. The van der Waals surface area contributed by atoms with Crippen LogP contribution in [0.2, 0.25) is 0 Å². The van der Waals surface area contributed by atoms with Crippen LogP contribution in [-0.2, 0) is 28.6 Å². The zero-order chi connectivity index (χ0) is 45.8. The summed E-state index contributed by atoms with van der Waals surface area (Å²) in [7, 11) is 0. The Hall–Kier alpha value is -0.330. The summed E-state index contributed by atoms with van der Waals surface area (Å²) in [5.74, 6) is -0.832. The summed E-state index contributed by atoms with van der Waals surface area (Å²) >= 11 is 0. The number of carbonyl (C=O) groups is 3. The molecule has 0 aliphatic carbocycles. The van der Waals surface area contributed by atoms with Crippen LogP contribution in [0.25, 0.3) is 0 Å². The molecule has 0 amide bonds. The van der Waals surface area contributed by atoms with Gasteiger partial charge in [-0.25, -0.2) is 0 Å². The van der Waals surface area contributed by atoms with Crippen LogP contribution in [0, 0.1) is 0 Å². The number of carbonyl (C=O) groups excluding carboxylic acids is 3. The predicted octanol–water partition coefficient (Wildman–Crippen LogP) is 18.6. The minimum atomic E-state index is -0.760. The van der Waals surface area contributed by atoms with Crippen molar-refractivity contribution in [1.82, 2.24) is 0 Å². The maximum atomic E-state index is 12.8. The molecule has 0 aromatic carbocycles. The second kappa shape index (κ2) is 57.0. The van der Waals surface area contributed by atoms with Gasteiger partial charge in [-0.3, -0.25) is 14.4 Å². The topological polar surface area (TPSA) is 78.9 Å². The van der Waals surface area contributed by atoms with Crippen molar-refractivity contribution in [2.75, 3.05) is 13.2 Å². The van der Waals surface area contributed by atoms with Crippen molar-refractivity contribution in [3.05, 3.63) is 0 Å². The van der Waals surface area contributed by atoms with E-state index in [1.54, 1.807) is 0 Å². The van der Waals surface area contributed by atoms with Crippen molar-refractivity contribution < 1.29 is 31.4 Å². The molecule has 0 saturated heterocycles. The summed E-state index contributed by atoms with van der Waals surface area (Å²) < 4.78 is 16.9. The first kappa shape index (κ1) is 65.8. The molecule has 0 spiro atoms. The van der Waals surface area contributed by atoms with Crippen molar-refractivity contribution in [1.29, 1.82) is 0 Å². The van der Waals surface area contributed by atoms with Crippen molar-refractivity contribution in [2.45, 2.75) is 335 Å². The Balaban J connectivity index is -0.00000641. The number of rotatable bonds is 53. The van der Waals surface area contributed by atoms with Gasteiger partial charge in [0, 0.05) is 19.3 Å². The smallest absolute Gasteiger partial charge is 1.00 e. The first-order valence-electron chi connectivity index (χ1n) is 28.5. The van der Waals surface area contributed by atoms with Crippen molar-refractivity contribution >= 4 is 55.6 Å². The van der Waals surface area contributed by atoms with Crippen LogP contribution in [0.1, 0.15) is 332 Å². The van der Waals surface area contributed by atoms with Crippen LogP contribution in [0.5, 0.6) is 0 Å². The standard InChI is InChI=1S/C57H110O6.Ca.2H/c1-4-7-10-13-16-19-22-25-28-31-34-37-40-43-46-49-55(58)61-52-54(63-57(60)51-48-45-42-39-36-33-30-27-24-21-18-15-12-9-6-3)53-62-56(59)50-47-44-41-38-35-32-29-26-23-20-17-14-11-8-5-2;;;/h54H,4-53H2,1-3H3;;;/q;+2;2*-1. The molecule has 0 aromatic rings. The summed E-state index contributed by atoms with van der Waals surface area (Å²) in [6.45, 7) is 6.71. The van der Waals surface area contributed by atoms with Crippen LogP contribution in [0.3, 0.4) is 0 Å². The maximum Gasteiger partial charge on any atom is 2.00 e. The van der Waals surface area contributed by atoms with Crippen molar-refractivity contribution in [3.63, 3.8) is 0 Å². The van der Waals surface area contributed by atoms with Gasteiger partial charge < -0.3 is 17.1 Å². The maximum absolute atomic E-state index is 12.8. The molecule has 0 aliphatic rings. The van der Waals surface area contributed by atoms with Crippen LogP contribution < -0.4 is 0 Å². The summed E-state index contributed by atoms with van der Waals surface area (Å²) in [6, 6.07) is 0. The largest absolute Gasteiger partial charge is 2.00 e. The van der Waals surface area contributed by atoms with Gasteiger partial charge in [-0.2, -0.15) is 0 Å². The second-order valence-electron chi connectivity index (χ2n) is 19.6. The Morgan fingerprint density at radius 3 is 0.656 bits per heavy atom. The molecule has 0 unspecified atom stereocenters. The number of hydrogen-bond donors (Lipinski definition) is 0. The van der Waals surface area contributed by atoms with E-state index in [0.717, 1.165) is 57.8 Å². The fourth-order valence-electron chi connectivity index (χ4n) is 8.80. The van der Waals surface area contributed by atoms with Gasteiger partial charge in [-0.1, -0.05) is 290 Å². The Kier molecular flexibility index (Phi) is 58.5. The zero-order valence-electron chi connectivity index (χ0n) is 45.6. The molecule has 0 aliphatic heterocycles. The molecular formula is C57H112CaO6. The summed E-state index contributed by atoms with van der Waals surface area (Å²) in [4.78, 5) is 38.1. The third kappa shape index (κ3) is 54.3. The summed E-state index contributed by atoms with van der Waals surface area (Å²) in [6.07, 6.45) is 58.0. The van der Waals surface area contributed by atoms with Gasteiger partial charge in [-0.05, 0) is 19.3 Å². The summed E-state index contributed by atoms with van der Waals surface area (Å²) in [5.41, 5.74) is 0. The van der Waals surface area contributed by atoms with Gasteiger partial charge in [0.15, 0.2) is 6.10 Å². The van der Waals surface area contributed by atoms with Crippen LogP contribution in [0.15, 0.2) is 0 Å². The zero-order valence-corrected chi connectivity index (χ0v) is 45.8. The Bertz CT molecular complexity index is 906. The molecule has 0 bridgehead atoms. The fraction of sp³-hybridized carbons (Fsp3) is 0.947. The van der Waals surface area contributed by atoms with E-state index < -0.39 is 6.10 Å². The second-order valence-corrected chi connectivity index (χ2v) is 19.6. The number of unbranched alkanes of at least 4 members (excludes halogenated alkanes) is 42. The van der Waals surface area contributed by atoms with Crippen LogP contribution in [0.4, 0.5) is 0 Å². The molecule has 64 heavy (non-hydrogen) atoms. The molecule has 0 saturated carbocycles. The van der Waals surface area contributed by atoms with E-state index >= 15 is 0 Å². The van der Waals surface area contributed by atoms with Gasteiger partial charge in [0.25, 0.3) is 0 Å². The van der Waals surface area contributed by atoms with E-state index in [0.29, 0.717) is 19.3 Å². The van der Waals surface area contributed by atoms with Crippen LogP contribution >= 0.6 is 0 Å². The molecule has 0 N–H and O–H groups in total. The predicted molar refractivity (Wildman–Crippen MR) is 278 cm³/mol. The van der Waals surface area contributed by atoms with E-state index in [9.17, 15) is 14.4 Å². The Morgan fingerprint density at radius 2 is 0.453 bits per heavy atom. The van der Waals surface area contributed by atoms with E-state index in [4.69, 9.17) is 14.2 Å². The molecule has 0 rings (SSSR count). The number of hydrogen-bond acceptors (Lipinski definition) is 6. The Labute approximate surface area is 432 Å². The van der Waals surface area contributed by atoms with Gasteiger partial charge in [0.1, 0.15) is 13.2 Å². The Morgan fingerprint density at radius 1 is 0.281 bits per heavy atom. The minimum absolute atomic E-state index is 0.